The predicted octanol–water partition coefficient (Wildman–Crippen LogP) is 5.39. The van der Waals surface area contributed by atoms with E-state index in [2.05, 4.69) is 41.9 Å². The van der Waals surface area contributed by atoms with Gasteiger partial charge in [-0.1, -0.05) is 56.1 Å². The van der Waals surface area contributed by atoms with Crippen LogP contribution in [-0.2, 0) is 10.7 Å². The number of aromatic nitrogens is 3. The van der Waals surface area contributed by atoms with Gasteiger partial charge in [0.05, 0.1) is 30.1 Å². The highest BCUT2D eigenvalue weighted by Crippen LogP contribution is 2.33. The Hall–Kier alpha value is -2.58. The van der Waals surface area contributed by atoms with E-state index in [1.165, 1.54) is 16.9 Å². The van der Waals surface area contributed by atoms with E-state index < -0.39 is 11.4 Å². The summed E-state index contributed by atoms with van der Waals surface area (Å²) in [6, 6.07) is 13.8. The number of hydrogen-bond acceptors (Lipinski definition) is 4. The molecule has 0 aliphatic rings. The maximum absolute atomic E-state index is 14.4. The molecule has 2 aromatic heterocycles. The summed E-state index contributed by atoms with van der Waals surface area (Å²) in [6.45, 7) is 0. The molecule has 0 unspecified atom stereocenters. The number of ether oxygens (including phenoxy) is 1. The minimum Gasteiger partial charge on any atom is -0.481 e. The minimum atomic E-state index is -0.564. The molecule has 8 heteroatoms. The van der Waals surface area contributed by atoms with Gasteiger partial charge >= 0.3 is 0 Å². The number of rotatable bonds is 5. The van der Waals surface area contributed by atoms with Gasteiger partial charge in [-0.25, -0.2) is 9.37 Å². The van der Waals surface area contributed by atoms with Gasteiger partial charge in [0, 0.05) is 27.7 Å². The average Bonchev–Trinajstić information content (AvgIpc) is 2.78. The first-order chi connectivity index (χ1) is 14.6. The highest BCUT2D eigenvalue weighted by Gasteiger charge is 2.17. The quantitative estimate of drug-likeness (QED) is 0.323. The number of halogens is 3. The van der Waals surface area contributed by atoms with Crippen LogP contribution in [0, 0.1) is 5.82 Å². The molecule has 5 nitrogen and oxygen atoms in total. The molecule has 0 saturated carbocycles. The molecule has 30 heavy (non-hydrogen) atoms. The molecule has 0 aliphatic carbocycles. The van der Waals surface area contributed by atoms with Crippen molar-refractivity contribution in [1.82, 2.24) is 14.8 Å². The van der Waals surface area contributed by atoms with Crippen LogP contribution in [0.3, 0.4) is 0 Å². The molecule has 0 N–H and O–H groups in total. The van der Waals surface area contributed by atoms with Crippen LogP contribution >= 0.6 is 31.9 Å². The van der Waals surface area contributed by atoms with Gasteiger partial charge in [-0.2, -0.15) is 9.78 Å². The lowest BCUT2D eigenvalue weighted by Gasteiger charge is -2.16. The molecule has 0 bridgehead atoms. The Morgan fingerprint density at radius 3 is 2.57 bits per heavy atom. The molecule has 2 heterocycles. The van der Waals surface area contributed by atoms with Crippen LogP contribution in [0.25, 0.3) is 27.6 Å². The third-order valence-corrected chi connectivity index (χ3v) is 5.94. The van der Waals surface area contributed by atoms with Crippen molar-refractivity contribution in [2.24, 2.45) is 0 Å². The predicted molar refractivity (Wildman–Crippen MR) is 122 cm³/mol. The molecule has 0 fully saturated rings. The first-order valence-electron chi connectivity index (χ1n) is 9.04. The second-order valence-electron chi connectivity index (χ2n) is 6.48. The summed E-state index contributed by atoms with van der Waals surface area (Å²) < 4.78 is 20.8. The van der Waals surface area contributed by atoms with Crippen molar-refractivity contribution < 1.29 is 9.13 Å². The van der Waals surface area contributed by atoms with Gasteiger partial charge in [-0.15, -0.1) is 0 Å². The van der Waals surface area contributed by atoms with E-state index in [1.54, 1.807) is 31.4 Å². The number of nitrogens with zero attached hydrogens (tertiary/aromatic N) is 3. The van der Waals surface area contributed by atoms with E-state index in [-0.39, 0.29) is 5.39 Å². The molecule has 152 valence electrons. The molecule has 4 aromatic rings. The largest absolute Gasteiger partial charge is 0.481 e. The van der Waals surface area contributed by atoms with Crippen molar-refractivity contribution in [2.45, 2.75) is 10.7 Å². The zero-order valence-corrected chi connectivity index (χ0v) is 19.1. The zero-order valence-electron chi connectivity index (χ0n) is 15.9. The molecule has 4 rings (SSSR count). The van der Waals surface area contributed by atoms with Gasteiger partial charge in [0.2, 0.25) is 5.88 Å². The summed E-state index contributed by atoms with van der Waals surface area (Å²) in [6.07, 6.45) is 1.50. The van der Waals surface area contributed by atoms with Crippen molar-refractivity contribution in [3.8, 4) is 22.7 Å². The Morgan fingerprint density at radius 2 is 1.83 bits per heavy atom. The first kappa shape index (κ1) is 20.7. The zero-order chi connectivity index (χ0) is 21.3. The van der Waals surface area contributed by atoms with Crippen LogP contribution in [0.2, 0.25) is 0 Å². The van der Waals surface area contributed by atoms with Crippen LogP contribution in [0.5, 0.6) is 5.88 Å². The Balaban J connectivity index is 1.97. The fourth-order valence-electron chi connectivity index (χ4n) is 3.43. The smallest absolute Gasteiger partial charge is 0.282 e. The first-order valence-corrected chi connectivity index (χ1v) is 11.3. The number of hydrogen-bond donors (Lipinski definition) is 0. The monoisotopic (exact) mass is 531 g/mol. The molecule has 0 aliphatic heterocycles. The normalized spacial score (nSPS) is 11.1. The van der Waals surface area contributed by atoms with Gasteiger partial charge in [-0.05, 0) is 29.3 Å². The van der Waals surface area contributed by atoms with Crippen molar-refractivity contribution in [1.29, 1.82) is 0 Å². The number of alkyl halides is 2. The number of methoxy groups -OCH3 is 1. The Morgan fingerprint density at radius 1 is 1.03 bits per heavy atom. The summed E-state index contributed by atoms with van der Waals surface area (Å²) in [4.78, 5) is 17.6. The lowest BCUT2D eigenvalue weighted by molar-refractivity contribution is 0.397. The summed E-state index contributed by atoms with van der Waals surface area (Å²) in [7, 11) is 1.57. The minimum absolute atomic E-state index is 0.0192. The van der Waals surface area contributed by atoms with Crippen molar-refractivity contribution in [3.63, 3.8) is 0 Å². The van der Waals surface area contributed by atoms with Gasteiger partial charge < -0.3 is 4.74 Å². The van der Waals surface area contributed by atoms with Crippen molar-refractivity contribution >= 4 is 42.6 Å². The van der Waals surface area contributed by atoms with Gasteiger partial charge in [0.15, 0.2) is 0 Å². The topological polar surface area (TPSA) is 57.0 Å². The molecule has 0 radical (unpaired) electrons. The third-order valence-electron chi connectivity index (χ3n) is 4.85. The molecular weight excluding hydrogens is 517 g/mol. The second kappa shape index (κ2) is 8.65. The molecule has 0 saturated heterocycles. The number of benzene rings is 2. The summed E-state index contributed by atoms with van der Waals surface area (Å²) in [5.41, 5.74) is 3.53. The average molecular weight is 533 g/mol. The summed E-state index contributed by atoms with van der Waals surface area (Å²) >= 11 is 7.03. The van der Waals surface area contributed by atoms with E-state index in [0.29, 0.717) is 27.6 Å². The van der Waals surface area contributed by atoms with Crippen molar-refractivity contribution in [3.05, 3.63) is 82.2 Å². The summed E-state index contributed by atoms with van der Waals surface area (Å²) in [5, 5.41) is 5.79. The Labute approximate surface area is 188 Å². The van der Waals surface area contributed by atoms with Crippen LogP contribution < -0.4 is 10.3 Å². The molecular formula is C22H16Br2FN3O2. The Bertz CT molecular complexity index is 1310. The van der Waals surface area contributed by atoms with Crippen LogP contribution in [0.1, 0.15) is 11.3 Å². The SMILES string of the molecule is COc1ccc(-c2cccc(-n3ncc4cccc(F)c4c3=O)c2CBr)c(CBr)n1. The third kappa shape index (κ3) is 3.54. The second-order valence-corrected chi connectivity index (χ2v) is 7.61. The van der Waals surface area contributed by atoms with Crippen LogP contribution in [-0.4, -0.2) is 21.9 Å². The highest BCUT2D eigenvalue weighted by atomic mass is 79.9. The van der Waals surface area contributed by atoms with Crippen molar-refractivity contribution in [2.75, 3.05) is 7.11 Å². The van der Waals surface area contributed by atoms with E-state index in [0.717, 1.165) is 22.4 Å². The fraction of sp³-hybridized carbons (Fsp3) is 0.136. The highest BCUT2D eigenvalue weighted by molar-refractivity contribution is 9.08. The fourth-order valence-corrected chi connectivity index (χ4v) is 4.45. The molecule has 0 atom stereocenters. The summed E-state index contributed by atoms with van der Waals surface area (Å²) in [5.74, 6) is -0.0428. The standard InChI is InChI=1S/C22H16Br2FN3O2/c1-30-20-9-8-15(18(11-24)27-20)14-5-3-7-19(16(14)10-23)28-22(29)21-13(12-26-28)4-2-6-17(21)25/h2-9,12H,10-11H2,1H3. The van der Waals surface area contributed by atoms with Gasteiger partial charge in [0.1, 0.15) is 5.82 Å². The van der Waals surface area contributed by atoms with Crippen LogP contribution in [0.15, 0.2) is 59.5 Å². The maximum Gasteiger partial charge on any atom is 0.282 e. The molecule has 0 amide bonds. The molecule has 2 aromatic carbocycles. The van der Waals surface area contributed by atoms with E-state index in [9.17, 15) is 9.18 Å². The van der Waals surface area contributed by atoms with Gasteiger partial charge in [0.25, 0.3) is 5.56 Å². The van der Waals surface area contributed by atoms with Crippen LogP contribution in [0.4, 0.5) is 4.39 Å². The van der Waals surface area contributed by atoms with Gasteiger partial charge in [-0.3, -0.25) is 4.79 Å². The Kier molecular flexibility index (Phi) is 5.97. The lowest BCUT2D eigenvalue weighted by atomic mass is 9.98. The number of fused-ring (bicyclic) bond motifs is 1. The lowest BCUT2D eigenvalue weighted by Crippen LogP contribution is -2.23. The van der Waals surface area contributed by atoms with E-state index >= 15 is 0 Å². The number of pyridine rings is 1. The maximum atomic E-state index is 14.4. The van der Waals surface area contributed by atoms with E-state index in [1.807, 2.05) is 18.2 Å². The molecule has 0 spiro atoms. The van der Waals surface area contributed by atoms with E-state index in [4.69, 9.17) is 4.74 Å².